The summed E-state index contributed by atoms with van der Waals surface area (Å²) in [6, 6.07) is 6.77. The summed E-state index contributed by atoms with van der Waals surface area (Å²) in [5, 5.41) is 8.28. The first-order chi connectivity index (χ1) is 9.11. The molecule has 7 nitrogen and oxygen atoms in total. The average Bonchev–Trinajstić information content (AvgIpc) is 2.38. The van der Waals surface area contributed by atoms with Crippen molar-refractivity contribution < 1.29 is 29.0 Å². The molecule has 0 spiro atoms. The Balaban J connectivity index is 2.27. The lowest BCUT2D eigenvalue weighted by Gasteiger charge is -2.07. The summed E-state index contributed by atoms with van der Waals surface area (Å²) in [6.45, 7) is 1.58. The van der Waals surface area contributed by atoms with Crippen LogP contribution in [0.5, 0.6) is 11.5 Å². The van der Waals surface area contributed by atoms with Gasteiger partial charge in [-0.25, -0.2) is 10.3 Å². The minimum Gasteiger partial charge on any atom is -0.494 e. The van der Waals surface area contributed by atoms with Crippen molar-refractivity contribution in [2.24, 2.45) is 0 Å². The minimum absolute atomic E-state index is 0.270. The summed E-state index contributed by atoms with van der Waals surface area (Å²) in [5.41, 5.74) is 1.95. The third kappa shape index (κ3) is 6.27. The fraction of sp³-hybridized carbons (Fsp3) is 0.333. The van der Waals surface area contributed by atoms with Crippen molar-refractivity contribution in [2.75, 3.05) is 19.8 Å². The van der Waals surface area contributed by atoms with E-state index in [9.17, 15) is 9.59 Å². The fourth-order valence-corrected chi connectivity index (χ4v) is 1.16. The first-order valence-electron chi connectivity index (χ1n) is 5.60. The Kier molecular flexibility index (Phi) is 6.17. The SMILES string of the molecule is CCOc1ccc(OCC(=O)NOCC(=O)O)cc1. The van der Waals surface area contributed by atoms with Gasteiger partial charge in [0.25, 0.3) is 5.91 Å². The van der Waals surface area contributed by atoms with Gasteiger partial charge in [-0.05, 0) is 31.2 Å². The van der Waals surface area contributed by atoms with Crippen LogP contribution in [0.3, 0.4) is 0 Å². The molecule has 0 fully saturated rings. The van der Waals surface area contributed by atoms with E-state index < -0.39 is 18.5 Å². The summed E-state index contributed by atoms with van der Waals surface area (Å²) in [4.78, 5) is 25.7. The quantitative estimate of drug-likeness (QED) is 0.671. The van der Waals surface area contributed by atoms with E-state index in [1.165, 1.54) is 0 Å². The zero-order chi connectivity index (χ0) is 14.1. The van der Waals surface area contributed by atoms with Crippen LogP contribution in [0.1, 0.15) is 6.92 Å². The van der Waals surface area contributed by atoms with Crippen LogP contribution in [0.15, 0.2) is 24.3 Å². The molecule has 0 radical (unpaired) electrons. The van der Waals surface area contributed by atoms with E-state index in [-0.39, 0.29) is 6.61 Å². The second-order valence-corrected chi connectivity index (χ2v) is 3.40. The second kappa shape index (κ2) is 7.93. The third-order valence-corrected chi connectivity index (χ3v) is 1.89. The van der Waals surface area contributed by atoms with Gasteiger partial charge in [-0.1, -0.05) is 0 Å². The van der Waals surface area contributed by atoms with Crippen LogP contribution < -0.4 is 15.0 Å². The summed E-state index contributed by atoms with van der Waals surface area (Å²) in [5.74, 6) is -0.538. The molecule has 1 rings (SSSR count). The molecule has 2 N–H and O–H groups in total. The molecule has 0 saturated heterocycles. The van der Waals surface area contributed by atoms with E-state index >= 15 is 0 Å². The Hall–Kier alpha value is -2.28. The molecule has 0 aliphatic carbocycles. The maximum absolute atomic E-state index is 11.2. The molecular formula is C12H15NO6. The molecule has 104 valence electrons. The zero-order valence-corrected chi connectivity index (χ0v) is 10.4. The summed E-state index contributed by atoms with van der Waals surface area (Å²) in [7, 11) is 0. The lowest BCUT2D eigenvalue weighted by atomic mass is 10.3. The summed E-state index contributed by atoms with van der Waals surface area (Å²) >= 11 is 0. The predicted octanol–water partition coefficient (Wildman–Crippen LogP) is 0.596. The Morgan fingerprint density at radius 3 is 2.21 bits per heavy atom. The largest absolute Gasteiger partial charge is 0.494 e. The predicted molar refractivity (Wildman–Crippen MR) is 64.8 cm³/mol. The first kappa shape index (κ1) is 14.8. The van der Waals surface area contributed by atoms with Crippen molar-refractivity contribution in [3.63, 3.8) is 0 Å². The van der Waals surface area contributed by atoms with Crippen molar-refractivity contribution in [3.05, 3.63) is 24.3 Å². The number of amides is 1. The number of aliphatic carboxylic acids is 1. The van der Waals surface area contributed by atoms with Crippen LogP contribution in [-0.2, 0) is 14.4 Å². The highest BCUT2D eigenvalue weighted by Gasteiger charge is 2.04. The number of hydrogen-bond donors (Lipinski definition) is 2. The van der Waals surface area contributed by atoms with E-state index in [0.717, 1.165) is 0 Å². The summed E-state index contributed by atoms with van der Waals surface area (Å²) in [6.07, 6.45) is 0. The minimum atomic E-state index is -1.17. The molecule has 0 bridgehead atoms. The van der Waals surface area contributed by atoms with Gasteiger partial charge in [-0.3, -0.25) is 9.63 Å². The van der Waals surface area contributed by atoms with Crippen molar-refractivity contribution in [1.82, 2.24) is 5.48 Å². The number of carbonyl (C=O) groups excluding carboxylic acids is 1. The van der Waals surface area contributed by atoms with Crippen molar-refractivity contribution >= 4 is 11.9 Å². The van der Waals surface area contributed by atoms with Gasteiger partial charge in [0.2, 0.25) is 0 Å². The molecule has 0 aliphatic heterocycles. The smallest absolute Gasteiger partial charge is 0.332 e. The molecule has 0 aromatic heterocycles. The van der Waals surface area contributed by atoms with Gasteiger partial charge in [-0.2, -0.15) is 0 Å². The maximum atomic E-state index is 11.2. The molecule has 19 heavy (non-hydrogen) atoms. The van der Waals surface area contributed by atoms with Crippen LogP contribution in [0.4, 0.5) is 0 Å². The number of carboxylic acids is 1. The Morgan fingerprint density at radius 2 is 1.68 bits per heavy atom. The van der Waals surface area contributed by atoms with Crippen molar-refractivity contribution in [3.8, 4) is 11.5 Å². The molecule has 1 amide bonds. The van der Waals surface area contributed by atoms with E-state index in [1.54, 1.807) is 24.3 Å². The molecule has 1 aromatic rings. The lowest BCUT2D eigenvalue weighted by molar-refractivity contribution is -0.149. The standard InChI is InChI=1S/C12H15NO6/c1-2-17-9-3-5-10(6-4-9)18-7-11(14)13-19-8-12(15)16/h3-6H,2,7-8H2,1H3,(H,13,14)(H,15,16). The van der Waals surface area contributed by atoms with Crippen LogP contribution in [0, 0.1) is 0 Å². The van der Waals surface area contributed by atoms with Gasteiger partial charge in [-0.15, -0.1) is 0 Å². The number of carboxylic acid groups (broad SMARTS) is 1. The Morgan fingerprint density at radius 1 is 1.11 bits per heavy atom. The highest BCUT2D eigenvalue weighted by atomic mass is 16.7. The molecule has 0 saturated carbocycles. The molecule has 0 atom stereocenters. The second-order valence-electron chi connectivity index (χ2n) is 3.40. The number of rotatable bonds is 8. The van der Waals surface area contributed by atoms with Crippen molar-refractivity contribution in [2.45, 2.75) is 6.92 Å². The molecular weight excluding hydrogens is 254 g/mol. The number of hydroxylamine groups is 1. The molecule has 7 heteroatoms. The number of nitrogens with one attached hydrogen (secondary N) is 1. The normalized spacial score (nSPS) is 9.74. The topological polar surface area (TPSA) is 94.1 Å². The molecule has 0 unspecified atom stereocenters. The molecule has 0 aliphatic rings. The van der Waals surface area contributed by atoms with Gasteiger partial charge < -0.3 is 14.6 Å². The highest BCUT2D eigenvalue weighted by molar-refractivity contribution is 5.76. The molecule has 1 aromatic carbocycles. The number of carbonyl (C=O) groups is 2. The van der Waals surface area contributed by atoms with E-state index in [1.807, 2.05) is 12.4 Å². The van der Waals surface area contributed by atoms with Crippen LogP contribution in [0.25, 0.3) is 0 Å². The van der Waals surface area contributed by atoms with E-state index in [0.29, 0.717) is 18.1 Å². The van der Waals surface area contributed by atoms with E-state index in [4.69, 9.17) is 14.6 Å². The van der Waals surface area contributed by atoms with Crippen LogP contribution in [-0.4, -0.2) is 36.8 Å². The number of ether oxygens (including phenoxy) is 2. The third-order valence-electron chi connectivity index (χ3n) is 1.89. The van der Waals surface area contributed by atoms with Gasteiger partial charge in [0.15, 0.2) is 13.2 Å². The number of benzene rings is 1. The van der Waals surface area contributed by atoms with Crippen LogP contribution in [0.2, 0.25) is 0 Å². The van der Waals surface area contributed by atoms with Crippen LogP contribution >= 0.6 is 0 Å². The van der Waals surface area contributed by atoms with E-state index in [2.05, 4.69) is 4.84 Å². The Labute approximate surface area is 110 Å². The first-order valence-corrected chi connectivity index (χ1v) is 5.60. The Bertz CT molecular complexity index is 417. The average molecular weight is 269 g/mol. The van der Waals surface area contributed by atoms with Gasteiger partial charge in [0.1, 0.15) is 11.5 Å². The van der Waals surface area contributed by atoms with Gasteiger partial charge >= 0.3 is 5.97 Å². The highest BCUT2D eigenvalue weighted by Crippen LogP contribution is 2.17. The monoisotopic (exact) mass is 269 g/mol. The fourth-order valence-electron chi connectivity index (χ4n) is 1.16. The lowest BCUT2D eigenvalue weighted by Crippen LogP contribution is -2.30. The zero-order valence-electron chi connectivity index (χ0n) is 10.4. The maximum Gasteiger partial charge on any atom is 0.332 e. The summed E-state index contributed by atoms with van der Waals surface area (Å²) < 4.78 is 10.4. The van der Waals surface area contributed by atoms with Gasteiger partial charge in [0.05, 0.1) is 6.61 Å². The van der Waals surface area contributed by atoms with Gasteiger partial charge in [0, 0.05) is 0 Å². The molecule has 0 heterocycles. The number of hydrogen-bond acceptors (Lipinski definition) is 5. The van der Waals surface area contributed by atoms with Crippen molar-refractivity contribution in [1.29, 1.82) is 0 Å².